The molecule has 2 heteroatoms. The van der Waals surface area contributed by atoms with Crippen LogP contribution in [-0.4, -0.2) is 18.8 Å². The van der Waals surface area contributed by atoms with E-state index in [1.807, 2.05) is 0 Å². The molecular weight excluding hydrogens is 238 g/mol. The van der Waals surface area contributed by atoms with E-state index >= 15 is 0 Å². The predicted molar refractivity (Wildman–Crippen MR) is 83.4 cm³/mol. The first-order chi connectivity index (χ1) is 8.90. The highest BCUT2D eigenvalue weighted by Gasteiger charge is 2.31. The quantitative estimate of drug-likeness (QED) is 0.519. The summed E-state index contributed by atoms with van der Waals surface area (Å²) in [5, 5.41) is 3.44. The van der Waals surface area contributed by atoms with E-state index in [0.29, 0.717) is 0 Å². The zero-order valence-electron chi connectivity index (χ0n) is 11.9. The second kappa shape index (κ2) is 8.47. The molecule has 0 radical (unpaired) electrons. The molecule has 3 atom stereocenters. The predicted octanol–water partition coefficient (Wildman–Crippen LogP) is 4.28. The van der Waals surface area contributed by atoms with Crippen molar-refractivity contribution in [3.8, 4) is 0 Å². The summed E-state index contributed by atoms with van der Waals surface area (Å²) in [6.45, 7) is 2.26. The van der Waals surface area contributed by atoms with Gasteiger partial charge in [0, 0.05) is 12.3 Å². The Hall–Kier alpha value is 0.310. The van der Waals surface area contributed by atoms with Crippen LogP contribution in [0.25, 0.3) is 0 Å². The lowest BCUT2D eigenvalue weighted by Gasteiger charge is -2.39. The van der Waals surface area contributed by atoms with E-state index in [-0.39, 0.29) is 0 Å². The van der Waals surface area contributed by atoms with Crippen molar-refractivity contribution < 1.29 is 0 Å². The maximum atomic E-state index is 4.21. The van der Waals surface area contributed by atoms with Crippen LogP contribution in [0.2, 0.25) is 0 Å². The third-order valence-electron chi connectivity index (χ3n) is 5.15. The molecule has 0 bridgehead atoms. The molecule has 2 saturated carbocycles. The Balaban J connectivity index is 1.54. The molecule has 1 N–H and O–H groups in total. The van der Waals surface area contributed by atoms with Gasteiger partial charge in [-0.2, -0.15) is 12.6 Å². The van der Waals surface area contributed by atoms with Gasteiger partial charge in [0.2, 0.25) is 0 Å². The molecule has 0 spiro atoms. The van der Waals surface area contributed by atoms with Gasteiger partial charge in [0.15, 0.2) is 0 Å². The molecule has 0 amide bonds. The Labute approximate surface area is 119 Å². The summed E-state index contributed by atoms with van der Waals surface area (Å²) in [7, 11) is 0. The first-order valence-electron chi connectivity index (χ1n) is 8.21. The van der Waals surface area contributed by atoms with Crippen molar-refractivity contribution in [3.05, 3.63) is 0 Å². The van der Waals surface area contributed by atoms with Crippen molar-refractivity contribution in [2.75, 3.05) is 18.8 Å². The van der Waals surface area contributed by atoms with Crippen LogP contribution < -0.4 is 5.32 Å². The fraction of sp³-hybridized carbons (Fsp3) is 1.00. The van der Waals surface area contributed by atoms with Crippen molar-refractivity contribution in [1.82, 2.24) is 5.32 Å². The number of hydrogen-bond acceptors (Lipinski definition) is 2. The average Bonchev–Trinajstić information content (AvgIpc) is 2.42. The summed E-state index contributed by atoms with van der Waals surface area (Å²) in [5.74, 6) is 4.26. The van der Waals surface area contributed by atoms with E-state index in [2.05, 4.69) is 17.9 Å². The van der Waals surface area contributed by atoms with Crippen LogP contribution in [0.1, 0.15) is 64.2 Å². The summed E-state index contributed by atoms with van der Waals surface area (Å²) in [6, 6.07) is 0. The lowest BCUT2D eigenvalue weighted by Crippen LogP contribution is -2.27. The molecule has 0 heterocycles. The summed E-state index contributed by atoms with van der Waals surface area (Å²) >= 11 is 4.21. The molecule has 2 aliphatic carbocycles. The fourth-order valence-corrected chi connectivity index (χ4v) is 4.28. The molecule has 0 aromatic rings. The standard InChI is InChI=1S/C16H31NS/c18-12-11-17-10-4-3-5-14-8-9-15-6-1-2-7-16(15)13-14/h14-18H,1-13H2/t14-,15-,16-/m1/s1. The normalized spacial score (nSPS) is 32.2. The Morgan fingerprint density at radius 2 is 1.72 bits per heavy atom. The second-order valence-electron chi connectivity index (χ2n) is 6.45. The SMILES string of the molecule is SCCNCCCC[C@@H]1CC[C@H]2CCCC[C@@H]2C1. The lowest BCUT2D eigenvalue weighted by atomic mass is 9.67. The highest BCUT2D eigenvalue weighted by Crippen LogP contribution is 2.43. The van der Waals surface area contributed by atoms with E-state index in [9.17, 15) is 0 Å². The maximum absolute atomic E-state index is 4.21. The minimum absolute atomic E-state index is 0.964. The highest BCUT2D eigenvalue weighted by molar-refractivity contribution is 7.80. The summed E-state index contributed by atoms with van der Waals surface area (Å²) in [6.07, 6.45) is 15.1. The number of thiol groups is 1. The molecule has 2 fully saturated rings. The van der Waals surface area contributed by atoms with Crippen LogP contribution in [-0.2, 0) is 0 Å². The van der Waals surface area contributed by atoms with Gasteiger partial charge in [-0.15, -0.1) is 0 Å². The molecule has 0 saturated heterocycles. The van der Waals surface area contributed by atoms with Gasteiger partial charge in [-0.3, -0.25) is 0 Å². The minimum atomic E-state index is 0.964. The first kappa shape index (κ1) is 14.7. The summed E-state index contributed by atoms with van der Waals surface area (Å²) in [4.78, 5) is 0. The molecule has 2 aliphatic rings. The Bertz CT molecular complexity index is 219. The number of rotatable bonds is 7. The zero-order valence-corrected chi connectivity index (χ0v) is 12.8. The molecule has 0 aromatic carbocycles. The maximum Gasteiger partial charge on any atom is 0.00397 e. The number of nitrogens with one attached hydrogen (secondary N) is 1. The van der Waals surface area contributed by atoms with Crippen LogP contribution >= 0.6 is 12.6 Å². The average molecular weight is 269 g/mol. The van der Waals surface area contributed by atoms with Gasteiger partial charge in [-0.1, -0.05) is 44.9 Å². The summed E-state index contributed by atoms with van der Waals surface area (Å²) in [5.41, 5.74) is 0. The van der Waals surface area contributed by atoms with Crippen molar-refractivity contribution >= 4 is 12.6 Å². The monoisotopic (exact) mass is 269 g/mol. The van der Waals surface area contributed by atoms with Gasteiger partial charge in [-0.25, -0.2) is 0 Å². The lowest BCUT2D eigenvalue weighted by molar-refractivity contribution is 0.124. The Kier molecular flexibility index (Phi) is 6.93. The van der Waals surface area contributed by atoms with E-state index in [1.165, 1.54) is 45.1 Å². The molecule has 18 heavy (non-hydrogen) atoms. The van der Waals surface area contributed by atoms with E-state index in [0.717, 1.165) is 30.1 Å². The van der Waals surface area contributed by atoms with Crippen LogP contribution in [0, 0.1) is 17.8 Å². The van der Waals surface area contributed by atoms with Crippen LogP contribution in [0.4, 0.5) is 0 Å². The van der Waals surface area contributed by atoms with Gasteiger partial charge >= 0.3 is 0 Å². The number of unbranched alkanes of at least 4 members (excludes halogenated alkanes) is 1. The van der Waals surface area contributed by atoms with Crippen molar-refractivity contribution in [2.24, 2.45) is 17.8 Å². The van der Waals surface area contributed by atoms with Gasteiger partial charge < -0.3 is 5.32 Å². The van der Waals surface area contributed by atoms with Gasteiger partial charge in [0.1, 0.15) is 0 Å². The van der Waals surface area contributed by atoms with Crippen LogP contribution in [0.5, 0.6) is 0 Å². The minimum Gasteiger partial charge on any atom is -0.316 e. The third kappa shape index (κ3) is 4.77. The zero-order chi connectivity index (χ0) is 12.6. The Morgan fingerprint density at radius 3 is 2.56 bits per heavy atom. The first-order valence-corrected chi connectivity index (χ1v) is 8.85. The van der Waals surface area contributed by atoms with E-state index in [4.69, 9.17) is 0 Å². The molecule has 2 rings (SSSR count). The fourth-order valence-electron chi connectivity index (χ4n) is 4.12. The summed E-state index contributed by atoms with van der Waals surface area (Å²) < 4.78 is 0. The molecule has 0 aliphatic heterocycles. The van der Waals surface area contributed by atoms with Gasteiger partial charge in [0.05, 0.1) is 0 Å². The van der Waals surface area contributed by atoms with Crippen LogP contribution in [0.3, 0.4) is 0 Å². The molecular formula is C16H31NS. The molecule has 1 nitrogen and oxygen atoms in total. The molecule has 0 unspecified atom stereocenters. The molecule has 0 aromatic heterocycles. The largest absolute Gasteiger partial charge is 0.316 e. The highest BCUT2D eigenvalue weighted by atomic mass is 32.1. The number of fused-ring (bicyclic) bond motifs is 1. The smallest absolute Gasteiger partial charge is 0.00397 e. The van der Waals surface area contributed by atoms with Crippen molar-refractivity contribution in [3.63, 3.8) is 0 Å². The van der Waals surface area contributed by atoms with Gasteiger partial charge in [-0.05, 0) is 43.6 Å². The molecule has 106 valence electrons. The van der Waals surface area contributed by atoms with Crippen molar-refractivity contribution in [2.45, 2.75) is 64.2 Å². The second-order valence-corrected chi connectivity index (χ2v) is 6.90. The van der Waals surface area contributed by atoms with E-state index in [1.54, 1.807) is 25.7 Å². The number of hydrogen-bond donors (Lipinski definition) is 2. The third-order valence-corrected chi connectivity index (χ3v) is 5.38. The Morgan fingerprint density at radius 1 is 0.889 bits per heavy atom. The van der Waals surface area contributed by atoms with Crippen LogP contribution in [0.15, 0.2) is 0 Å². The van der Waals surface area contributed by atoms with Gasteiger partial charge in [0.25, 0.3) is 0 Å². The van der Waals surface area contributed by atoms with Crippen molar-refractivity contribution in [1.29, 1.82) is 0 Å². The van der Waals surface area contributed by atoms with E-state index < -0.39 is 0 Å². The topological polar surface area (TPSA) is 12.0 Å².